The fourth-order valence-corrected chi connectivity index (χ4v) is 4.79. The predicted octanol–water partition coefficient (Wildman–Crippen LogP) is 2.17. The molecular weight excluding hydrogens is 390 g/mol. The maximum atomic E-state index is 12.5. The van der Waals surface area contributed by atoms with Gasteiger partial charge in [-0.05, 0) is 44.0 Å². The summed E-state index contributed by atoms with van der Waals surface area (Å²) < 4.78 is 37.9. The summed E-state index contributed by atoms with van der Waals surface area (Å²) in [6.45, 7) is 2.82. The van der Waals surface area contributed by atoms with E-state index in [4.69, 9.17) is 9.47 Å². The van der Waals surface area contributed by atoms with Crippen molar-refractivity contribution in [3.63, 3.8) is 0 Å². The summed E-state index contributed by atoms with van der Waals surface area (Å²) in [5.74, 6) is 0.277. The van der Waals surface area contributed by atoms with Crippen LogP contribution in [0.5, 0.6) is 5.75 Å². The lowest BCUT2D eigenvalue weighted by Gasteiger charge is -2.09. The zero-order valence-electron chi connectivity index (χ0n) is 15.0. The van der Waals surface area contributed by atoms with Crippen molar-refractivity contribution >= 4 is 32.4 Å². The monoisotopic (exact) mass is 411 g/mol. The fourth-order valence-electron chi connectivity index (χ4n) is 2.67. The Hall–Kier alpha value is -2.17. The average molecular weight is 412 g/mol. The second-order valence-corrected chi connectivity index (χ2v) is 8.74. The molecule has 0 aliphatic carbocycles. The van der Waals surface area contributed by atoms with Crippen LogP contribution in [0.1, 0.15) is 28.2 Å². The van der Waals surface area contributed by atoms with Crippen LogP contribution in [0.15, 0.2) is 29.2 Å². The lowest BCUT2D eigenvalue weighted by Crippen LogP contribution is -2.31. The molecule has 0 radical (unpaired) electrons. The Bertz CT molecular complexity index is 903. The topological polar surface area (TPSA) is 107 Å². The van der Waals surface area contributed by atoms with E-state index >= 15 is 0 Å². The first-order chi connectivity index (χ1) is 12.9. The van der Waals surface area contributed by atoms with Gasteiger partial charge in [-0.3, -0.25) is 9.52 Å². The van der Waals surface area contributed by atoms with Crippen molar-refractivity contribution in [3.8, 4) is 5.75 Å². The number of benzene rings is 1. The van der Waals surface area contributed by atoms with E-state index in [1.807, 2.05) is 0 Å². The number of thiazole rings is 1. The number of ether oxygens (including phenoxy) is 2. The smallest absolute Gasteiger partial charge is 0.263 e. The zero-order chi connectivity index (χ0) is 19.4. The third-order valence-electron chi connectivity index (χ3n) is 4.11. The second-order valence-electron chi connectivity index (χ2n) is 6.06. The molecule has 1 amide bonds. The van der Waals surface area contributed by atoms with Gasteiger partial charge in [0.25, 0.3) is 15.9 Å². The van der Waals surface area contributed by atoms with E-state index in [0.29, 0.717) is 22.9 Å². The number of aromatic nitrogens is 1. The largest absolute Gasteiger partial charge is 0.497 e. The molecule has 2 aromatic rings. The van der Waals surface area contributed by atoms with Crippen molar-refractivity contribution in [2.45, 2.75) is 30.8 Å². The van der Waals surface area contributed by atoms with E-state index in [0.717, 1.165) is 30.8 Å². The number of sulfonamides is 1. The summed E-state index contributed by atoms with van der Waals surface area (Å²) >= 11 is 1.00. The Balaban J connectivity index is 1.68. The minimum Gasteiger partial charge on any atom is -0.497 e. The Morgan fingerprint density at radius 1 is 1.37 bits per heavy atom. The van der Waals surface area contributed by atoms with Gasteiger partial charge in [0.1, 0.15) is 10.6 Å². The maximum absolute atomic E-state index is 12.5. The lowest BCUT2D eigenvalue weighted by molar-refractivity contribution is 0.0860. The highest BCUT2D eigenvalue weighted by Gasteiger charge is 2.22. The van der Waals surface area contributed by atoms with Crippen molar-refractivity contribution in [2.75, 3.05) is 25.0 Å². The summed E-state index contributed by atoms with van der Waals surface area (Å²) in [6.07, 6.45) is 1.96. The minimum absolute atomic E-state index is 0.0372. The molecule has 1 atom stereocenters. The number of amides is 1. The fraction of sp³-hybridized carbons (Fsp3) is 0.412. The average Bonchev–Trinajstić information content (AvgIpc) is 3.29. The number of carbonyl (C=O) groups is 1. The van der Waals surface area contributed by atoms with Gasteiger partial charge in [0.15, 0.2) is 5.13 Å². The summed E-state index contributed by atoms with van der Waals surface area (Å²) in [5, 5.41) is 2.96. The van der Waals surface area contributed by atoms with Gasteiger partial charge in [0.2, 0.25) is 0 Å². The van der Waals surface area contributed by atoms with Crippen molar-refractivity contribution in [1.82, 2.24) is 10.3 Å². The molecule has 0 bridgehead atoms. The molecule has 0 saturated carbocycles. The molecule has 1 fully saturated rings. The highest BCUT2D eigenvalue weighted by molar-refractivity contribution is 7.93. The van der Waals surface area contributed by atoms with Crippen LogP contribution < -0.4 is 14.8 Å². The summed E-state index contributed by atoms with van der Waals surface area (Å²) in [4.78, 5) is 17.0. The lowest BCUT2D eigenvalue weighted by atomic mass is 10.2. The van der Waals surface area contributed by atoms with Crippen LogP contribution in [0.25, 0.3) is 0 Å². The van der Waals surface area contributed by atoms with E-state index in [1.54, 1.807) is 19.1 Å². The highest BCUT2D eigenvalue weighted by Crippen LogP contribution is 2.26. The predicted molar refractivity (Wildman–Crippen MR) is 102 cm³/mol. The molecule has 1 aromatic heterocycles. The van der Waals surface area contributed by atoms with Gasteiger partial charge >= 0.3 is 0 Å². The van der Waals surface area contributed by atoms with E-state index in [2.05, 4.69) is 15.0 Å². The highest BCUT2D eigenvalue weighted by atomic mass is 32.2. The van der Waals surface area contributed by atoms with Crippen molar-refractivity contribution < 1.29 is 22.7 Å². The van der Waals surface area contributed by atoms with Crippen LogP contribution in [0, 0.1) is 6.92 Å². The zero-order valence-corrected chi connectivity index (χ0v) is 16.7. The third kappa shape index (κ3) is 4.76. The molecule has 2 N–H and O–H groups in total. The number of nitrogens with zero attached hydrogens (tertiary/aromatic N) is 1. The van der Waals surface area contributed by atoms with Gasteiger partial charge in [-0.1, -0.05) is 11.3 Å². The van der Waals surface area contributed by atoms with E-state index < -0.39 is 10.0 Å². The number of methoxy groups -OCH3 is 1. The van der Waals surface area contributed by atoms with Crippen LogP contribution in [0.2, 0.25) is 0 Å². The Kier molecular flexibility index (Phi) is 5.98. The molecule has 1 unspecified atom stereocenters. The van der Waals surface area contributed by atoms with E-state index in [9.17, 15) is 13.2 Å². The van der Waals surface area contributed by atoms with Gasteiger partial charge in [-0.2, -0.15) is 0 Å². The quantitative estimate of drug-likeness (QED) is 0.723. The van der Waals surface area contributed by atoms with Gasteiger partial charge < -0.3 is 14.8 Å². The molecule has 1 aliphatic rings. The summed E-state index contributed by atoms with van der Waals surface area (Å²) in [7, 11) is -2.30. The normalized spacial score (nSPS) is 16.9. The molecular formula is C17H21N3O5S2. The van der Waals surface area contributed by atoms with Gasteiger partial charge in [-0.25, -0.2) is 13.4 Å². The Labute approximate surface area is 162 Å². The molecule has 1 saturated heterocycles. The molecule has 10 heteroatoms. The van der Waals surface area contributed by atoms with Crippen LogP contribution in [0.3, 0.4) is 0 Å². The second kappa shape index (κ2) is 8.24. The van der Waals surface area contributed by atoms with Crippen LogP contribution in [0.4, 0.5) is 5.13 Å². The van der Waals surface area contributed by atoms with Gasteiger partial charge in [0.05, 0.1) is 23.8 Å². The number of carbonyl (C=O) groups excluding carboxylic acids is 1. The first-order valence-electron chi connectivity index (χ1n) is 8.43. The van der Waals surface area contributed by atoms with Gasteiger partial charge in [0, 0.05) is 13.2 Å². The molecule has 1 aliphatic heterocycles. The Morgan fingerprint density at radius 3 is 2.74 bits per heavy atom. The molecule has 0 spiro atoms. The SMILES string of the molecule is COc1ccc(S(=O)(=O)Nc2nc(C)c(C(=O)NCC3CCCO3)s2)cc1. The molecule has 8 nitrogen and oxygen atoms in total. The van der Waals surface area contributed by atoms with Crippen molar-refractivity contribution in [2.24, 2.45) is 0 Å². The summed E-state index contributed by atoms with van der Waals surface area (Å²) in [5.41, 5.74) is 0.470. The van der Waals surface area contributed by atoms with Crippen LogP contribution in [-0.4, -0.2) is 45.7 Å². The molecule has 146 valence electrons. The molecule has 27 heavy (non-hydrogen) atoms. The first kappa shape index (κ1) is 19.6. The van der Waals surface area contributed by atoms with Crippen LogP contribution >= 0.6 is 11.3 Å². The number of hydrogen-bond donors (Lipinski definition) is 2. The first-order valence-corrected chi connectivity index (χ1v) is 10.7. The van der Waals surface area contributed by atoms with Crippen LogP contribution in [-0.2, 0) is 14.8 Å². The minimum atomic E-state index is -3.80. The van der Waals surface area contributed by atoms with E-state index in [-0.39, 0.29) is 22.0 Å². The maximum Gasteiger partial charge on any atom is 0.263 e. The number of nitrogens with one attached hydrogen (secondary N) is 2. The van der Waals surface area contributed by atoms with Gasteiger partial charge in [-0.15, -0.1) is 0 Å². The number of anilines is 1. The molecule has 2 heterocycles. The Morgan fingerprint density at radius 2 is 2.11 bits per heavy atom. The number of hydrogen-bond acceptors (Lipinski definition) is 7. The van der Waals surface area contributed by atoms with Crippen molar-refractivity contribution in [1.29, 1.82) is 0 Å². The number of rotatable bonds is 7. The molecule has 3 rings (SSSR count). The van der Waals surface area contributed by atoms with E-state index in [1.165, 1.54) is 19.2 Å². The summed E-state index contributed by atoms with van der Waals surface area (Å²) in [6, 6.07) is 6.00. The number of aryl methyl sites for hydroxylation is 1. The third-order valence-corrected chi connectivity index (χ3v) is 6.66. The van der Waals surface area contributed by atoms with Crippen molar-refractivity contribution in [3.05, 3.63) is 34.8 Å². The molecule has 1 aromatic carbocycles. The standard InChI is InChI=1S/C17H21N3O5S2/c1-11-15(16(21)18-10-13-4-3-9-25-13)26-17(19-11)20-27(22,23)14-7-5-12(24-2)6-8-14/h5-8,13H,3-4,9-10H2,1-2H3,(H,18,21)(H,19,20).